The third-order valence-corrected chi connectivity index (χ3v) is 6.23. The van der Waals surface area contributed by atoms with Crippen molar-refractivity contribution in [3.8, 4) is 0 Å². The predicted octanol–water partition coefficient (Wildman–Crippen LogP) is 4.87. The number of aromatic nitrogens is 1. The van der Waals surface area contributed by atoms with E-state index in [1.54, 1.807) is 0 Å². The molecule has 160 valence electrons. The summed E-state index contributed by atoms with van der Waals surface area (Å²) in [5, 5.41) is 9.16. The SMILES string of the molecule is COC(=O)C1=C(C)NC(C)=C(C(=O)OC(C)n2cc3ccccc3c2)C1c1ccsc1. The minimum Gasteiger partial charge on any atom is -0.466 e. The van der Waals surface area contributed by atoms with E-state index in [4.69, 9.17) is 9.47 Å². The zero-order valence-electron chi connectivity index (χ0n) is 17.8. The molecule has 2 aromatic heterocycles. The summed E-state index contributed by atoms with van der Waals surface area (Å²) < 4.78 is 12.8. The van der Waals surface area contributed by atoms with Gasteiger partial charge in [0, 0.05) is 23.8 Å². The Bertz CT molecular complexity index is 1170. The number of hydrogen-bond acceptors (Lipinski definition) is 6. The summed E-state index contributed by atoms with van der Waals surface area (Å²) in [6.45, 7) is 5.46. The van der Waals surface area contributed by atoms with Gasteiger partial charge in [-0.3, -0.25) is 0 Å². The van der Waals surface area contributed by atoms with Gasteiger partial charge in [0.15, 0.2) is 6.23 Å². The highest BCUT2D eigenvalue weighted by molar-refractivity contribution is 7.08. The Morgan fingerprint density at radius 1 is 1.03 bits per heavy atom. The summed E-state index contributed by atoms with van der Waals surface area (Å²) in [7, 11) is 1.34. The first-order valence-electron chi connectivity index (χ1n) is 9.97. The second-order valence-corrected chi connectivity index (χ2v) is 8.30. The van der Waals surface area contributed by atoms with Gasteiger partial charge in [0.25, 0.3) is 0 Å². The second kappa shape index (κ2) is 8.43. The van der Waals surface area contributed by atoms with Crippen LogP contribution >= 0.6 is 11.3 Å². The number of carbonyl (C=O) groups is 2. The number of nitrogens with zero attached hydrogens (tertiary/aromatic N) is 1. The molecule has 1 aliphatic heterocycles. The fourth-order valence-corrected chi connectivity index (χ4v) is 4.70. The largest absolute Gasteiger partial charge is 0.466 e. The molecular formula is C24H24N2O4S. The van der Waals surface area contributed by atoms with Crippen LogP contribution in [-0.2, 0) is 19.1 Å². The van der Waals surface area contributed by atoms with E-state index in [1.807, 2.05) is 78.8 Å². The van der Waals surface area contributed by atoms with Gasteiger partial charge in [-0.25, -0.2) is 9.59 Å². The van der Waals surface area contributed by atoms with Crippen molar-refractivity contribution in [1.82, 2.24) is 9.88 Å². The topological polar surface area (TPSA) is 69.6 Å². The zero-order valence-corrected chi connectivity index (χ0v) is 18.7. The molecule has 2 atom stereocenters. The maximum atomic E-state index is 13.4. The van der Waals surface area contributed by atoms with Crippen LogP contribution in [0.4, 0.5) is 0 Å². The normalized spacial score (nSPS) is 17.5. The number of dihydropyridines is 1. The molecule has 0 saturated heterocycles. The molecule has 4 rings (SSSR count). The summed E-state index contributed by atoms with van der Waals surface area (Å²) in [4.78, 5) is 26.0. The van der Waals surface area contributed by atoms with E-state index in [0.29, 0.717) is 22.5 Å². The third-order valence-electron chi connectivity index (χ3n) is 5.53. The van der Waals surface area contributed by atoms with Crippen molar-refractivity contribution in [3.05, 3.63) is 81.6 Å². The number of nitrogens with one attached hydrogen (secondary N) is 1. The van der Waals surface area contributed by atoms with Gasteiger partial charge in [0.2, 0.25) is 0 Å². The first-order chi connectivity index (χ1) is 14.9. The average molecular weight is 437 g/mol. The highest BCUT2D eigenvalue weighted by atomic mass is 32.1. The zero-order chi connectivity index (χ0) is 22.1. The molecule has 2 unspecified atom stereocenters. The molecule has 0 saturated carbocycles. The monoisotopic (exact) mass is 436 g/mol. The molecular weight excluding hydrogens is 412 g/mol. The number of esters is 2. The number of allylic oxidation sites excluding steroid dienone is 2. The summed E-state index contributed by atoms with van der Waals surface area (Å²) in [6.07, 6.45) is 3.39. The third kappa shape index (κ3) is 3.88. The lowest BCUT2D eigenvalue weighted by atomic mass is 9.81. The van der Waals surface area contributed by atoms with Gasteiger partial charge in [-0.15, -0.1) is 0 Å². The van der Waals surface area contributed by atoms with Gasteiger partial charge < -0.3 is 19.4 Å². The van der Waals surface area contributed by atoms with Gasteiger partial charge in [-0.05, 0) is 53.9 Å². The first-order valence-corrected chi connectivity index (χ1v) is 10.9. The van der Waals surface area contributed by atoms with Gasteiger partial charge in [0.05, 0.1) is 24.2 Å². The van der Waals surface area contributed by atoms with Crippen LogP contribution in [0.3, 0.4) is 0 Å². The Hall–Kier alpha value is -3.32. The molecule has 1 aromatic carbocycles. The number of benzene rings is 1. The molecule has 6 nitrogen and oxygen atoms in total. The van der Waals surface area contributed by atoms with E-state index in [1.165, 1.54) is 18.4 Å². The van der Waals surface area contributed by atoms with Crippen molar-refractivity contribution in [2.45, 2.75) is 32.9 Å². The van der Waals surface area contributed by atoms with E-state index in [9.17, 15) is 9.59 Å². The lowest BCUT2D eigenvalue weighted by Crippen LogP contribution is -2.32. The van der Waals surface area contributed by atoms with Crippen LogP contribution < -0.4 is 5.32 Å². The van der Waals surface area contributed by atoms with Crippen LogP contribution in [-0.4, -0.2) is 23.6 Å². The van der Waals surface area contributed by atoms with Crippen LogP contribution in [0.25, 0.3) is 10.8 Å². The van der Waals surface area contributed by atoms with Crippen LogP contribution in [0.2, 0.25) is 0 Å². The minimum atomic E-state index is -0.552. The average Bonchev–Trinajstić information content (AvgIpc) is 3.42. The van der Waals surface area contributed by atoms with Crippen LogP contribution in [0.5, 0.6) is 0 Å². The Labute approximate surface area is 184 Å². The number of thiophene rings is 1. The Kier molecular flexibility index (Phi) is 5.69. The number of ether oxygens (including phenoxy) is 2. The van der Waals surface area contributed by atoms with Gasteiger partial charge in [-0.1, -0.05) is 24.3 Å². The Morgan fingerprint density at radius 3 is 2.19 bits per heavy atom. The van der Waals surface area contributed by atoms with Crippen LogP contribution in [0.15, 0.2) is 76.0 Å². The molecule has 1 N–H and O–H groups in total. The summed E-state index contributed by atoms with van der Waals surface area (Å²) in [5.74, 6) is -1.49. The number of fused-ring (bicyclic) bond motifs is 1. The standard InChI is InChI=1S/C24H24N2O4S/c1-14-20(23(27)29-4)22(19-9-10-31-13-19)21(15(2)25-14)24(28)30-16(3)26-11-17-7-5-6-8-18(17)12-26/h5-13,16,22,25H,1-4H3. The van der Waals surface area contributed by atoms with E-state index >= 15 is 0 Å². The van der Waals surface area contributed by atoms with Crippen molar-refractivity contribution in [2.24, 2.45) is 0 Å². The summed E-state index contributed by atoms with van der Waals surface area (Å²) in [6, 6.07) is 9.89. The number of carbonyl (C=O) groups excluding carboxylic acids is 2. The quantitative estimate of drug-likeness (QED) is 0.578. The molecule has 0 spiro atoms. The molecule has 0 bridgehead atoms. The molecule has 0 aliphatic carbocycles. The van der Waals surface area contributed by atoms with E-state index < -0.39 is 24.1 Å². The van der Waals surface area contributed by atoms with Gasteiger partial charge in [-0.2, -0.15) is 11.3 Å². The minimum absolute atomic E-state index is 0.410. The predicted molar refractivity (Wildman–Crippen MR) is 120 cm³/mol. The molecule has 1 aliphatic rings. The van der Waals surface area contributed by atoms with E-state index in [2.05, 4.69) is 5.32 Å². The van der Waals surface area contributed by atoms with Crippen molar-refractivity contribution < 1.29 is 19.1 Å². The molecule has 7 heteroatoms. The smallest absolute Gasteiger partial charge is 0.338 e. The van der Waals surface area contributed by atoms with E-state index in [-0.39, 0.29) is 0 Å². The molecule has 0 fully saturated rings. The second-order valence-electron chi connectivity index (χ2n) is 7.52. The molecule has 0 amide bonds. The maximum absolute atomic E-state index is 13.4. The van der Waals surface area contributed by atoms with Crippen molar-refractivity contribution in [1.29, 1.82) is 0 Å². The highest BCUT2D eigenvalue weighted by Crippen LogP contribution is 2.40. The first kappa shape index (κ1) is 20.9. The summed E-state index contributed by atoms with van der Waals surface area (Å²) >= 11 is 1.51. The molecule has 31 heavy (non-hydrogen) atoms. The maximum Gasteiger partial charge on any atom is 0.338 e. The van der Waals surface area contributed by atoms with Crippen molar-refractivity contribution >= 4 is 34.0 Å². The molecule has 3 heterocycles. The highest BCUT2D eigenvalue weighted by Gasteiger charge is 2.38. The van der Waals surface area contributed by atoms with E-state index in [0.717, 1.165) is 16.3 Å². The fourth-order valence-electron chi connectivity index (χ4n) is 4.01. The van der Waals surface area contributed by atoms with Gasteiger partial charge in [0.1, 0.15) is 0 Å². The Balaban J connectivity index is 1.67. The van der Waals surface area contributed by atoms with Crippen molar-refractivity contribution in [2.75, 3.05) is 7.11 Å². The van der Waals surface area contributed by atoms with Crippen LogP contribution in [0, 0.1) is 0 Å². The lowest BCUT2D eigenvalue weighted by Gasteiger charge is -2.30. The fraction of sp³-hybridized carbons (Fsp3) is 0.250. The van der Waals surface area contributed by atoms with Gasteiger partial charge >= 0.3 is 11.9 Å². The number of hydrogen-bond donors (Lipinski definition) is 1. The lowest BCUT2D eigenvalue weighted by molar-refractivity contribution is -0.148. The Morgan fingerprint density at radius 2 is 1.65 bits per heavy atom. The van der Waals surface area contributed by atoms with Crippen LogP contribution in [0.1, 0.15) is 38.5 Å². The summed E-state index contributed by atoms with van der Waals surface area (Å²) in [5.41, 5.74) is 3.01. The van der Waals surface area contributed by atoms with Crippen molar-refractivity contribution in [3.63, 3.8) is 0 Å². The number of rotatable bonds is 5. The molecule has 3 aromatic rings. The number of methoxy groups -OCH3 is 1. The molecule has 0 radical (unpaired) electrons.